The van der Waals surface area contributed by atoms with Crippen LogP contribution in [-0.2, 0) is 11.2 Å². The van der Waals surface area contributed by atoms with Crippen LogP contribution in [-0.4, -0.2) is 11.7 Å². The second-order valence-corrected chi connectivity index (χ2v) is 7.77. The number of fused-ring (bicyclic) bond motifs is 1. The Morgan fingerprint density at radius 2 is 1.90 bits per heavy atom. The zero-order valence-corrected chi connectivity index (χ0v) is 13.4. The maximum absolute atomic E-state index is 6.79. The van der Waals surface area contributed by atoms with Crippen LogP contribution in [0.15, 0.2) is 24.3 Å². The van der Waals surface area contributed by atoms with Crippen LogP contribution in [0.4, 0.5) is 0 Å². The Bertz CT molecular complexity index is 506. The molecule has 0 N–H and O–H groups in total. The lowest BCUT2D eigenvalue weighted by Gasteiger charge is -2.32. The molecular formula is C19H25ClO. The number of benzene rings is 1. The first-order chi connectivity index (χ1) is 10.3. The van der Waals surface area contributed by atoms with E-state index in [-0.39, 0.29) is 11.0 Å². The summed E-state index contributed by atoms with van der Waals surface area (Å²) >= 11 is 6.79. The van der Waals surface area contributed by atoms with Crippen molar-refractivity contribution in [3.05, 3.63) is 35.4 Å². The quantitative estimate of drug-likeness (QED) is 0.664. The molecule has 0 bridgehead atoms. The van der Waals surface area contributed by atoms with Crippen LogP contribution in [0.2, 0.25) is 0 Å². The molecular weight excluding hydrogens is 280 g/mol. The molecule has 1 nitrogen and oxygen atoms in total. The zero-order chi connectivity index (χ0) is 14.3. The van der Waals surface area contributed by atoms with Crippen molar-refractivity contribution in [1.29, 1.82) is 0 Å². The van der Waals surface area contributed by atoms with Gasteiger partial charge in [0, 0.05) is 0 Å². The van der Waals surface area contributed by atoms with Crippen molar-refractivity contribution in [2.75, 3.05) is 0 Å². The van der Waals surface area contributed by atoms with Crippen LogP contribution >= 0.6 is 11.6 Å². The number of rotatable bonds is 2. The molecule has 2 fully saturated rings. The fourth-order valence-electron chi connectivity index (χ4n) is 4.80. The van der Waals surface area contributed by atoms with Crippen molar-refractivity contribution in [3.8, 4) is 0 Å². The van der Waals surface area contributed by atoms with Crippen LogP contribution in [0.1, 0.15) is 67.9 Å². The van der Waals surface area contributed by atoms with E-state index in [1.807, 2.05) is 0 Å². The number of halogens is 1. The molecule has 1 aromatic rings. The van der Waals surface area contributed by atoms with Gasteiger partial charge in [0.25, 0.3) is 0 Å². The topological polar surface area (TPSA) is 9.23 Å². The smallest absolute Gasteiger partial charge is 0.0687 e. The first-order valence-corrected chi connectivity index (χ1v) is 9.09. The van der Waals surface area contributed by atoms with E-state index in [4.69, 9.17) is 16.3 Å². The predicted molar refractivity (Wildman–Crippen MR) is 86.8 cm³/mol. The third kappa shape index (κ3) is 2.64. The summed E-state index contributed by atoms with van der Waals surface area (Å²) in [7, 11) is 0. The SMILES string of the molecule is ClC1c2ccccc2CCC1CC1CCC2(CCCC2)O1. The molecule has 1 spiro atoms. The minimum absolute atomic E-state index is 0.179. The van der Waals surface area contributed by atoms with Crippen LogP contribution < -0.4 is 0 Å². The lowest BCUT2D eigenvalue weighted by Crippen LogP contribution is -2.27. The molecule has 114 valence electrons. The van der Waals surface area contributed by atoms with Gasteiger partial charge in [-0.25, -0.2) is 0 Å². The highest BCUT2D eigenvalue weighted by Crippen LogP contribution is 2.47. The summed E-state index contributed by atoms with van der Waals surface area (Å²) in [4.78, 5) is 0. The van der Waals surface area contributed by atoms with Crippen molar-refractivity contribution >= 4 is 11.6 Å². The molecule has 3 unspecified atom stereocenters. The van der Waals surface area contributed by atoms with E-state index in [0.717, 1.165) is 6.42 Å². The predicted octanol–water partition coefficient (Wildman–Crippen LogP) is 5.41. The van der Waals surface area contributed by atoms with Crippen molar-refractivity contribution in [1.82, 2.24) is 0 Å². The maximum atomic E-state index is 6.79. The Hall–Kier alpha value is -0.530. The summed E-state index contributed by atoms with van der Waals surface area (Å²) in [5, 5.41) is 0.179. The number of hydrogen-bond donors (Lipinski definition) is 0. The highest BCUT2D eigenvalue weighted by molar-refractivity contribution is 6.21. The molecule has 0 aromatic heterocycles. The summed E-state index contributed by atoms with van der Waals surface area (Å²) in [5.41, 5.74) is 3.08. The normalized spacial score (nSPS) is 34.2. The molecule has 1 saturated carbocycles. The largest absolute Gasteiger partial charge is 0.372 e. The van der Waals surface area contributed by atoms with Crippen LogP contribution in [0.25, 0.3) is 0 Å². The molecule has 1 aliphatic heterocycles. The molecule has 4 rings (SSSR count). The molecule has 3 atom stereocenters. The average molecular weight is 305 g/mol. The van der Waals surface area contributed by atoms with Gasteiger partial charge in [0.15, 0.2) is 0 Å². The van der Waals surface area contributed by atoms with Gasteiger partial charge in [-0.15, -0.1) is 11.6 Å². The van der Waals surface area contributed by atoms with E-state index in [1.54, 1.807) is 0 Å². The van der Waals surface area contributed by atoms with E-state index in [1.165, 1.54) is 62.5 Å². The molecule has 1 saturated heterocycles. The first-order valence-electron chi connectivity index (χ1n) is 8.65. The molecule has 0 radical (unpaired) electrons. The molecule has 2 heteroatoms. The van der Waals surface area contributed by atoms with Gasteiger partial charge in [0.1, 0.15) is 0 Å². The number of ether oxygens (including phenoxy) is 1. The van der Waals surface area contributed by atoms with E-state index in [9.17, 15) is 0 Å². The summed E-state index contributed by atoms with van der Waals surface area (Å²) in [6, 6.07) is 8.70. The number of alkyl halides is 1. The minimum atomic E-state index is 0.179. The lowest BCUT2D eigenvalue weighted by atomic mass is 9.80. The van der Waals surface area contributed by atoms with Gasteiger partial charge in [-0.1, -0.05) is 37.1 Å². The third-order valence-electron chi connectivity index (χ3n) is 5.97. The monoisotopic (exact) mass is 304 g/mol. The Labute approximate surface area is 133 Å². The van der Waals surface area contributed by atoms with Gasteiger partial charge in [-0.05, 0) is 62.0 Å². The highest BCUT2D eigenvalue weighted by atomic mass is 35.5. The van der Waals surface area contributed by atoms with Gasteiger partial charge < -0.3 is 4.74 Å². The molecule has 1 aromatic carbocycles. The fraction of sp³-hybridized carbons (Fsp3) is 0.684. The van der Waals surface area contributed by atoms with Gasteiger partial charge in [-0.2, -0.15) is 0 Å². The summed E-state index contributed by atoms with van der Waals surface area (Å²) in [5.74, 6) is 0.586. The molecule has 1 heterocycles. The fourth-order valence-corrected chi connectivity index (χ4v) is 5.24. The maximum Gasteiger partial charge on any atom is 0.0687 e. The first kappa shape index (κ1) is 14.1. The number of hydrogen-bond acceptors (Lipinski definition) is 1. The average Bonchev–Trinajstić information content (AvgIpc) is 3.13. The Morgan fingerprint density at radius 1 is 1.10 bits per heavy atom. The van der Waals surface area contributed by atoms with E-state index >= 15 is 0 Å². The second-order valence-electron chi connectivity index (χ2n) is 7.30. The van der Waals surface area contributed by atoms with Crippen LogP contribution in [0, 0.1) is 5.92 Å². The van der Waals surface area contributed by atoms with Crippen molar-refractivity contribution in [2.45, 2.75) is 74.9 Å². The van der Waals surface area contributed by atoms with Crippen molar-refractivity contribution in [2.24, 2.45) is 5.92 Å². The van der Waals surface area contributed by atoms with Crippen molar-refractivity contribution in [3.63, 3.8) is 0 Å². The molecule has 3 aliphatic rings. The zero-order valence-electron chi connectivity index (χ0n) is 12.7. The van der Waals surface area contributed by atoms with Gasteiger partial charge >= 0.3 is 0 Å². The van der Waals surface area contributed by atoms with Crippen LogP contribution in [0.5, 0.6) is 0 Å². The summed E-state index contributed by atoms with van der Waals surface area (Å²) in [6.45, 7) is 0. The highest BCUT2D eigenvalue weighted by Gasteiger charge is 2.43. The van der Waals surface area contributed by atoms with Crippen molar-refractivity contribution < 1.29 is 4.74 Å². The Kier molecular flexibility index (Phi) is 3.75. The standard InChI is InChI=1S/C19H25ClO/c20-18-15(8-7-14-5-1-2-6-17(14)18)13-16-9-12-19(21-16)10-3-4-11-19/h1-2,5-6,15-16,18H,3-4,7-13H2. The Morgan fingerprint density at radius 3 is 2.76 bits per heavy atom. The van der Waals surface area contributed by atoms with Gasteiger partial charge in [0.2, 0.25) is 0 Å². The van der Waals surface area contributed by atoms with E-state index in [0.29, 0.717) is 12.0 Å². The van der Waals surface area contributed by atoms with Gasteiger partial charge in [0.05, 0.1) is 17.1 Å². The Balaban J connectivity index is 1.42. The summed E-state index contributed by atoms with van der Waals surface area (Å²) in [6.07, 6.45) is 11.9. The molecule has 2 aliphatic carbocycles. The van der Waals surface area contributed by atoms with E-state index < -0.39 is 0 Å². The lowest BCUT2D eigenvalue weighted by molar-refractivity contribution is -0.0450. The number of aryl methyl sites for hydroxylation is 1. The third-order valence-corrected chi connectivity index (χ3v) is 6.56. The summed E-state index contributed by atoms with van der Waals surface area (Å²) < 4.78 is 6.49. The second kappa shape index (κ2) is 5.59. The molecule has 0 amide bonds. The van der Waals surface area contributed by atoms with E-state index in [2.05, 4.69) is 24.3 Å². The minimum Gasteiger partial charge on any atom is -0.372 e. The van der Waals surface area contributed by atoms with Crippen LogP contribution in [0.3, 0.4) is 0 Å². The molecule has 21 heavy (non-hydrogen) atoms. The van der Waals surface area contributed by atoms with Gasteiger partial charge in [-0.3, -0.25) is 0 Å².